The molecule has 1 aliphatic heterocycles. The Bertz CT molecular complexity index is 1520. The van der Waals surface area contributed by atoms with Crippen molar-refractivity contribution in [1.82, 2.24) is 19.9 Å². The first-order chi connectivity index (χ1) is 18.9. The summed E-state index contributed by atoms with van der Waals surface area (Å²) in [5, 5.41) is 12.2. The molecule has 6 rings (SSSR count). The van der Waals surface area contributed by atoms with Crippen LogP contribution in [0.4, 0.5) is 10.1 Å². The molecule has 202 valence electrons. The lowest BCUT2D eigenvalue weighted by Crippen LogP contribution is -2.27. The lowest BCUT2D eigenvalue weighted by Gasteiger charge is -2.24. The molecule has 1 saturated heterocycles. The third-order valence-corrected chi connectivity index (χ3v) is 9.51. The summed E-state index contributed by atoms with van der Waals surface area (Å²) in [7, 11) is 0. The smallest absolute Gasteiger partial charge is 0.251 e. The summed E-state index contributed by atoms with van der Waals surface area (Å²) in [6, 6.07) is 14.5. The number of halogens is 1. The SMILES string of the molecule is Cc1cc(-c2cnc3c(NC[C@H]4CC[S@+]([O-])CC4)cc(Sc4cccc(F)c4)nn23)ccc1C(=O)NC1CC1. The van der Waals surface area contributed by atoms with Crippen molar-refractivity contribution < 1.29 is 13.7 Å². The molecule has 2 N–H and O–H groups in total. The molecule has 7 nitrogen and oxygen atoms in total. The zero-order chi connectivity index (χ0) is 26.9. The van der Waals surface area contributed by atoms with Gasteiger partial charge in [0.25, 0.3) is 5.91 Å². The molecule has 3 heterocycles. The predicted molar refractivity (Wildman–Crippen MR) is 153 cm³/mol. The van der Waals surface area contributed by atoms with Crippen LogP contribution in [0.3, 0.4) is 0 Å². The van der Waals surface area contributed by atoms with Crippen molar-refractivity contribution in [3.05, 3.63) is 71.7 Å². The van der Waals surface area contributed by atoms with E-state index in [4.69, 9.17) is 10.1 Å². The molecule has 0 spiro atoms. The van der Waals surface area contributed by atoms with Gasteiger partial charge in [-0.1, -0.05) is 35.1 Å². The van der Waals surface area contributed by atoms with Crippen LogP contribution in [-0.2, 0) is 11.2 Å². The van der Waals surface area contributed by atoms with Crippen LogP contribution < -0.4 is 10.6 Å². The second kappa shape index (κ2) is 11.2. The largest absolute Gasteiger partial charge is 0.616 e. The number of hydrogen-bond acceptors (Lipinski definition) is 6. The van der Waals surface area contributed by atoms with Gasteiger partial charge in [0.1, 0.15) is 22.3 Å². The molecule has 10 heteroatoms. The number of amides is 1. The summed E-state index contributed by atoms with van der Waals surface area (Å²) >= 11 is 0.690. The van der Waals surface area contributed by atoms with Gasteiger partial charge < -0.3 is 15.2 Å². The average molecular weight is 564 g/mol. The number of fused-ring (bicyclic) bond motifs is 1. The van der Waals surface area contributed by atoms with E-state index in [2.05, 4.69) is 10.6 Å². The van der Waals surface area contributed by atoms with E-state index in [0.717, 1.165) is 71.1 Å². The molecule has 2 aromatic carbocycles. The standard InChI is InChI=1S/C29H30FN5O2S2/c1-18-13-20(5-8-24(18)29(36)33-22-6-7-22)26-17-32-28-25(31-16-19-9-11-39(37)12-10-19)15-27(34-35(26)28)38-23-4-2-3-21(30)14-23/h2-5,8,13-15,17,19,22,31H,6-7,9-12,16H2,1H3,(H,33,36)/t19-,39-. The van der Waals surface area contributed by atoms with Crippen molar-refractivity contribution in [1.29, 1.82) is 0 Å². The molecule has 0 atom stereocenters. The van der Waals surface area contributed by atoms with E-state index in [1.54, 1.807) is 12.3 Å². The summed E-state index contributed by atoms with van der Waals surface area (Å²) < 4.78 is 27.5. The molecule has 4 aromatic rings. The fourth-order valence-corrected chi connectivity index (χ4v) is 7.10. The Kier molecular flexibility index (Phi) is 7.51. The minimum absolute atomic E-state index is 0.0374. The molecule has 2 aliphatic rings. The molecule has 0 unspecified atom stereocenters. The topological polar surface area (TPSA) is 94.4 Å². The average Bonchev–Trinajstić information content (AvgIpc) is 3.63. The lowest BCUT2D eigenvalue weighted by atomic mass is 10.0. The van der Waals surface area contributed by atoms with Crippen LogP contribution in [0.15, 0.2) is 64.6 Å². The first-order valence-electron chi connectivity index (χ1n) is 13.3. The summed E-state index contributed by atoms with van der Waals surface area (Å²) in [5.74, 6) is 1.62. The molecule has 1 amide bonds. The molecule has 0 radical (unpaired) electrons. The van der Waals surface area contributed by atoms with Crippen molar-refractivity contribution in [2.24, 2.45) is 5.92 Å². The first-order valence-corrected chi connectivity index (χ1v) is 15.6. The van der Waals surface area contributed by atoms with Crippen LogP contribution >= 0.6 is 11.8 Å². The van der Waals surface area contributed by atoms with Crippen molar-refractivity contribution in [3.8, 4) is 11.3 Å². The van der Waals surface area contributed by atoms with Crippen molar-refractivity contribution >= 4 is 40.2 Å². The Balaban J connectivity index is 1.33. The Hall–Kier alpha value is -3.08. The first kappa shape index (κ1) is 26.2. The number of hydrogen-bond donors (Lipinski definition) is 2. The van der Waals surface area contributed by atoms with E-state index >= 15 is 0 Å². The number of aromatic nitrogens is 3. The Labute approximate surface area is 234 Å². The number of rotatable bonds is 8. The van der Waals surface area contributed by atoms with Gasteiger partial charge in [-0.05, 0) is 80.5 Å². The van der Waals surface area contributed by atoms with Crippen molar-refractivity contribution in [3.63, 3.8) is 0 Å². The van der Waals surface area contributed by atoms with Gasteiger partial charge in [-0.15, -0.1) is 0 Å². The van der Waals surface area contributed by atoms with Crippen LogP contribution in [0.1, 0.15) is 41.6 Å². The van der Waals surface area contributed by atoms with Crippen molar-refractivity contribution in [2.75, 3.05) is 23.4 Å². The molecule has 1 saturated carbocycles. The normalized spacial score (nSPS) is 19.3. The van der Waals surface area contributed by atoms with Gasteiger partial charge in [0, 0.05) is 28.6 Å². The highest BCUT2D eigenvalue weighted by atomic mass is 32.2. The Morgan fingerprint density at radius 3 is 2.72 bits per heavy atom. The molecule has 39 heavy (non-hydrogen) atoms. The maximum Gasteiger partial charge on any atom is 0.251 e. The van der Waals surface area contributed by atoms with Crippen LogP contribution in [0.2, 0.25) is 0 Å². The maximum atomic E-state index is 13.9. The molecule has 2 aromatic heterocycles. The van der Waals surface area contributed by atoms with Gasteiger partial charge >= 0.3 is 0 Å². The lowest BCUT2D eigenvalue weighted by molar-refractivity contribution is 0.0950. The van der Waals surface area contributed by atoms with Crippen molar-refractivity contribution in [2.45, 2.75) is 48.6 Å². The van der Waals surface area contributed by atoms with Gasteiger partial charge in [0.15, 0.2) is 5.65 Å². The van der Waals surface area contributed by atoms with Crippen LogP contribution in [0, 0.1) is 18.7 Å². The summed E-state index contributed by atoms with van der Waals surface area (Å²) in [5.41, 5.74) is 4.81. The Morgan fingerprint density at radius 1 is 1.15 bits per heavy atom. The van der Waals surface area contributed by atoms with E-state index < -0.39 is 11.2 Å². The maximum absolute atomic E-state index is 13.9. The zero-order valence-electron chi connectivity index (χ0n) is 21.7. The Morgan fingerprint density at radius 2 is 1.97 bits per heavy atom. The third kappa shape index (κ3) is 6.08. The van der Waals surface area contributed by atoms with Gasteiger partial charge in [0.05, 0.1) is 17.6 Å². The van der Waals surface area contributed by atoms with Gasteiger partial charge in [-0.25, -0.2) is 13.9 Å². The number of carbonyl (C=O) groups excluding carboxylic acids is 1. The second-order valence-electron chi connectivity index (χ2n) is 10.3. The third-order valence-electron chi connectivity index (χ3n) is 7.23. The number of anilines is 1. The highest BCUT2D eigenvalue weighted by Gasteiger charge is 2.25. The summed E-state index contributed by atoms with van der Waals surface area (Å²) in [6.45, 7) is 2.70. The summed E-state index contributed by atoms with van der Waals surface area (Å²) in [6.07, 6.45) is 5.76. The number of nitrogens with one attached hydrogen (secondary N) is 2. The van der Waals surface area contributed by atoms with Crippen LogP contribution in [0.5, 0.6) is 0 Å². The highest BCUT2D eigenvalue weighted by Crippen LogP contribution is 2.33. The van der Waals surface area contributed by atoms with E-state index in [1.165, 1.54) is 23.9 Å². The van der Waals surface area contributed by atoms with Gasteiger partial charge in [-0.2, -0.15) is 5.10 Å². The zero-order valence-corrected chi connectivity index (χ0v) is 23.3. The molecule has 2 fully saturated rings. The molecule has 1 aliphatic carbocycles. The fraction of sp³-hybridized carbons (Fsp3) is 0.345. The molecule has 0 bridgehead atoms. The quantitative estimate of drug-likeness (QED) is 0.277. The fourth-order valence-electron chi connectivity index (χ4n) is 4.84. The monoisotopic (exact) mass is 563 g/mol. The summed E-state index contributed by atoms with van der Waals surface area (Å²) in [4.78, 5) is 18.1. The number of nitrogens with zero attached hydrogens (tertiary/aromatic N) is 3. The predicted octanol–water partition coefficient (Wildman–Crippen LogP) is 5.46. The van der Waals surface area contributed by atoms with E-state index in [0.29, 0.717) is 28.2 Å². The van der Waals surface area contributed by atoms with E-state index in [1.807, 2.05) is 41.8 Å². The van der Waals surface area contributed by atoms with E-state index in [-0.39, 0.29) is 11.7 Å². The molecular formula is C29H30FN5O2S2. The van der Waals surface area contributed by atoms with Crippen LogP contribution in [0.25, 0.3) is 16.9 Å². The number of carbonyl (C=O) groups is 1. The number of imidazole rings is 1. The van der Waals surface area contributed by atoms with Crippen LogP contribution in [-0.4, -0.2) is 49.2 Å². The minimum atomic E-state index is -0.698. The van der Waals surface area contributed by atoms with E-state index in [9.17, 15) is 13.7 Å². The minimum Gasteiger partial charge on any atom is -0.616 e. The number of benzene rings is 2. The number of aryl methyl sites for hydroxylation is 1. The van der Waals surface area contributed by atoms with Gasteiger partial charge in [0.2, 0.25) is 0 Å². The van der Waals surface area contributed by atoms with Gasteiger partial charge in [-0.3, -0.25) is 4.79 Å². The molecular weight excluding hydrogens is 533 g/mol. The second-order valence-corrected chi connectivity index (χ2v) is 13.1. The highest BCUT2D eigenvalue weighted by molar-refractivity contribution is 7.99.